The van der Waals surface area contributed by atoms with Crippen molar-refractivity contribution in [3.8, 4) is 11.6 Å². The highest BCUT2D eigenvalue weighted by Crippen LogP contribution is 2.37. The second kappa shape index (κ2) is 6.20. The van der Waals surface area contributed by atoms with Gasteiger partial charge in [0, 0.05) is 18.0 Å². The molecule has 2 aromatic carbocycles. The summed E-state index contributed by atoms with van der Waals surface area (Å²) in [5.41, 5.74) is 2.15. The van der Waals surface area contributed by atoms with Crippen LogP contribution in [-0.2, 0) is 7.05 Å². The molecule has 128 valence electrons. The highest BCUT2D eigenvalue weighted by atomic mass is 16.3. The number of hydrogen-bond donors (Lipinski definition) is 1. The van der Waals surface area contributed by atoms with Crippen molar-refractivity contribution in [1.29, 1.82) is 0 Å². The molecule has 0 aliphatic rings. The van der Waals surface area contributed by atoms with Gasteiger partial charge in [-0.1, -0.05) is 18.2 Å². The van der Waals surface area contributed by atoms with Crippen LogP contribution in [0.15, 0.2) is 65.1 Å². The number of carbonyl (C=O) groups excluding carboxylic acids is 1. The van der Waals surface area contributed by atoms with Crippen molar-refractivity contribution in [1.82, 2.24) is 24.8 Å². The number of fused-ring (bicyclic) bond motifs is 1. The van der Waals surface area contributed by atoms with Gasteiger partial charge in [0.05, 0.1) is 11.2 Å². The molecule has 1 amide bonds. The third kappa shape index (κ3) is 2.61. The minimum atomic E-state index is -0.513. The second-order valence-corrected chi connectivity index (χ2v) is 5.55. The topological polar surface area (TPSA) is 111 Å². The van der Waals surface area contributed by atoms with E-state index in [1.165, 1.54) is 11.0 Å². The lowest BCUT2D eigenvalue weighted by Crippen LogP contribution is -1.98. The molecule has 0 saturated carbocycles. The first kappa shape index (κ1) is 15.6. The average molecular weight is 347 g/mol. The van der Waals surface area contributed by atoms with Gasteiger partial charge in [-0.2, -0.15) is 0 Å². The van der Waals surface area contributed by atoms with Crippen LogP contribution in [0.5, 0.6) is 5.88 Å². The Morgan fingerprint density at radius 3 is 2.62 bits per heavy atom. The molecule has 2 aromatic heterocycles. The minimum absolute atomic E-state index is 0.0446. The second-order valence-electron chi connectivity index (χ2n) is 5.55. The van der Waals surface area contributed by atoms with Gasteiger partial charge in [0.15, 0.2) is 5.69 Å². The van der Waals surface area contributed by atoms with Gasteiger partial charge in [0.1, 0.15) is 6.33 Å². The number of amides is 1. The molecule has 0 unspecified atom stereocenters. The van der Waals surface area contributed by atoms with E-state index >= 15 is 0 Å². The lowest BCUT2D eigenvalue weighted by Gasteiger charge is -1.99. The average Bonchev–Trinajstić information content (AvgIpc) is 3.29. The highest BCUT2D eigenvalue weighted by Gasteiger charge is 2.14. The van der Waals surface area contributed by atoms with E-state index in [1.807, 2.05) is 24.3 Å². The van der Waals surface area contributed by atoms with Gasteiger partial charge in [-0.3, -0.25) is 4.79 Å². The van der Waals surface area contributed by atoms with E-state index in [0.717, 1.165) is 16.6 Å². The fourth-order valence-corrected chi connectivity index (χ4v) is 2.65. The number of aromatic hydroxyl groups is 1. The summed E-state index contributed by atoms with van der Waals surface area (Å²) in [5.74, 6) is -0.558. The van der Waals surface area contributed by atoms with Gasteiger partial charge in [-0.05, 0) is 40.8 Å². The van der Waals surface area contributed by atoms with Crippen LogP contribution in [0.2, 0.25) is 0 Å². The van der Waals surface area contributed by atoms with Gasteiger partial charge in [-0.15, -0.1) is 15.3 Å². The molecule has 9 heteroatoms. The first-order valence-corrected chi connectivity index (χ1v) is 7.71. The van der Waals surface area contributed by atoms with Crippen molar-refractivity contribution in [2.75, 3.05) is 0 Å². The molecule has 0 saturated heterocycles. The number of aromatic nitrogens is 5. The molecule has 4 aromatic rings. The third-order valence-electron chi connectivity index (χ3n) is 4.02. The molecule has 0 bridgehead atoms. The Morgan fingerprint density at radius 1 is 1.12 bits per heavy atom. The van der Waals surface area contributed by atoms with Crippen LogP contribution >= 0.6 is 0 Å². The Hall–Kier alpha value is -3.88. The van der Waals surface area contributed by atoms with E-state index in [1.54, 1.807) is 35.9 Å². The molecule has 0 aliphatic heterocycles. The number of tetrazole rings is 1. The predicted octanol–water partition coefficient (Wildman–Crippen LogP) is 2.78. The standard InChI is InChI=1S/C17H13N7O2/c1-23-14-5-3-2-4-13(14)15(17(23)26)19-20-16(25)11-6-8-12(9-7-11)24-10-18-21-22-24/h2-10,26H,1H3. The summed E-state index contributed by atoms with van der Waals surface area (Å²) in [5, 5.41) is 29.6. The quantitative estimate of drug-likeness (QED) is 0.573. The van der Waals surface area contributed by atoms with Crippen LogP contribution < -0.4 is 0 Å². The van der Waals surface area contributed by atoms with E-state index in [-0.39, 0.29) is 11.6 Å². The van der Waals surface area contributed by atoms with Gasteiger partial charge in [0.25, 0.3) is 5.91 Å². The number of nitrogens with zero attached hydrogens (tertiary/aromatic N) is 7. The number of rotatable bonds is 3. The Balaban J connectivity index is 1.61. The number of aryl methyl sites for hydroxylation is 1. The van der Waals surface area contributed by atoms with Crippen LogP contribution in [0.1, 0.15) is 10.4 Å². The van der Waals surface area contributed by atoms with Crippen LogP contribution in [-0.4, -0.2) is 35.8 Å². The molecule has 9 nitrogen and oxygen atoms in total. The molecule has 4 rings (SSSR count). The maximum absolute atomic E-state index is 12.3. The minimum Gasteiger partial charge on any atom is -0.493 e. The van der Waals surface area contributed by atoms with Crippen molar-refractivity contribution < 1.29 is 9.90 Å². The number of hydrogen-bond acceptors (Lipinski definition) is 6. The van der Waals surface area contributed by atoms with E-state index < -0.39 is 5.91 Å². The zero-order chi connectivity index (χ0) is 18.1. The zero-order valence-electron chi connectivity index (χ0n) is 13.7. The smallest absolute Gasteiger partial charge is 0.295 e. The van der Waals surface area contributed by atoms with Gasteiger partial charge in [-0.25, -0.2) is 4.68 Å². The SMILES string of the molecule is Cn1c(O)c(N=NC(=O)c2ccc(-n3cnnn3)cc2)c2ccccc21. The molecule has 0 atom stereocenters. The molecule has 1 N–H and O–H groups in total. The van der Waals surface area contributed by atoms with E-state index in [9.17, 15) is 9.90 Å². The fraction of sp³-hybridized carbons (Fsp3) is 0.0588. The molecular formula is C17H13N7O2. The molecule has 0 radical (unpaired) electrons. The van der Waals surface area contributed by atoms with Gasteiger partial charge in [0.2, 0.25) is 5.88 Å². The first-order valence-electron chi connectivity index (χ1n) is 7.71. The summed E-state index contributed by atoms with van der Waals surface area (Å²) in [7, 11) is 1.72. The van der Waals surface area contributed by atoms with Crippen molar-refractivity contribution in [3.05, 3.63) is 60.4 Å². The van der Waals surface area contributed by atoms with Crippen molar-refractivity contribution in [2.45, 2.75) is 0 Å². The van der Waals surface area contributed by atoms with E-state index in [0.29, 0.717) is 5.56 Å². The normalized spacial score (nSPS) is 11.4. The Morgan fingerprint density at radius 2 is 1.88 bits per heavy atom. The van der Waals surface area contributed by atoms with E-state index in [4.69, 9.17) is 0 Å². The summed E-state index contributed by atoms with van der Waals surface area (Å²) < 4.78 is 3.07. The molecular weight excluding hydrogens is 334 g/mol. The zero-order valence-corrected chi connectivity index (χ0v) is 13.7. The fourth-order valence-electron chi connectivity index (χ4n) is 2.65. The summed E-state index contributed by atoms with van der Waals surface area (Å²) in [6, 6.07) is 14.0. The number of benzene rings is 2. The maximum Gasteiger partial charge on any atom is 0.295 e. The van der Waals surface area contributed by atoms with Crippen LogP contribution in [0.4, 0.5) is 5.69 Å². The third-order valence-corrected chi connectivity index (χ3v) is 4.02. The first-order chi connectivity index (χ1) is 12.6. The van der Waals surface area contributed by atoms with Crippen LogP contribution in [0, 0.1) is 0 Å². The molecule has 0 spiro atoms. The Kier molecular flexibility index (Phi) is 3.73. The van der Waals surface area contributed by atoms with E-state index in [2.05, 4.69) is 25.8 Å². The molecule has 26 heavy (non-hydrogen) atoms. The lowest BCUT2D eigenvalue weighted by molar-refractivity contribution is 0.0995. The van der Waals surface area contributed by atoms with Gasteiger partial charge >= 0.3 is 0 Å². The summed E-state index contributed by atoms with van der Waals surface area (Å²) in [6.45, 7) is 0. The molecule has 2 heterocycles. The summed E-state index contributed by atoms with van der Waals surface area (Å²) in [4.78, 5) is 12.3. The van der Waals surface area contributed by atoms with Crippen molar-refractivity contribution in [3.63, 3.8) is 0 Å². The number of azo groups is 1. The molecule has 0 aliphatic carbocycles. The number of para-hydroxylation sites is 1. The highest BCUT2D eigenvalue weighted by molar-refractivity contribution is 5.97. The van der Waals surface area contributed by atoms with Gasteiger partial charge < -0.3 is 9.67 Å². The lowest BCUT2D eigenvalue weighted by atomic mass is 10.2. The van der Waals surface area contributed by atoms with Crippen LogP contribution in [0.25, 0.3) is 16.6 Å². The Labute approximate surface area is 147 Å². The molecule has 0 fully saturated rings. The largest absolute Gasteiger partial charge is 0.493 e. The maximum atomic E-state index is 12.3. The van der Waals surface area contributed by atoms with Crippen molar-refractivity contribution in [2.24, 2.45) is 17.3 Å². The predicted molar refractivity (Wildman–Crippen MR) is 92.6 cm³/mol. The number of carbonyl (C=O) groups is 1. The monoisotopic (exact) mass is 347 g/mol. The van der Waals surface area contributed by atoms with Crippen molar-refractivity contribution >= 4 is 22.5 Å². The summed E-state index contributed by atoms with van der Waals surface area (Å²) in [6.07, 6.45) is 1.46. The summed E-state index contributed by atoms with van der Waals surface area (Å²) >= 11 is 0. The van der Waals surface area contributed by atoms with Crippen LogP contribution in [0.3, 0.4) is 0 Å². The Bertz CT molecular complexity index is 1110.